The highest BCUT2D eigenvalue weighted by Crippen LogP contribution is 2.41. The Hall–Kier alpha value is -0.830. The SMILES string of the molecule is C=N/C(=C\NC)C1(O)CC1. The van der Waals surface area contributed by atoms with Gasteiger partial charge in [-0.2, -0.15) is 0 Å². The van der Waals surface area contributed by atoms with Crippen LogP contribution in [-0.4, -0.2) is 24.5 Å². The molecule has 0 bridgehead atoms. The summed E-state index contributed by atoms with van der Waals surface area (Å²) in [5.41, 5.74) is -0.0138. The molecule has 3 heteroatoms. The smallest absolute Gasteiger partial charge is 0.108 e. The number of hydrogen-bond acceptors (Lipinski definition) is 3. The predicted octanol–water partition coefficient (Wildman–Crippen LogP) is 0.273. The number of nitrogens with one attached hydrogen (secondary N) is 1. The fraction of sp³-hybridized carbons (Fsp3) is 0.571. The maximum Gasteiger partial charge on any atom is 0.108 e. The van der Waals surface area contributed by atoms with Crippen LogP contribution < -0.4 is 5.32 Å². The van der Waals surface area contributed by atoms with Crippen LogP contribution in [0.25, 0.3) is 0 Å². The average molecular weight is 140 g/mol. The number of aliphatic imine (C=N–C) groups is 1. The van der Waals surface area contributed by atoms with Gasteiger partial charge in [-0.3, -0.25) is 4.99 Å². The topological polar surface area (TPSA) is 44.6 Å². The molecular formula is C7H12N2O. The molecule has 0 atom stereocenters. The summed E-state index contributed by atoms with van der Waals surface area (Å²) in [5, 5.41) is 12.3. The molecule has 1 rings (SSSR count). The molecule has 0 saturated heterocycles. The third-order valence-electron chi connectivity index (χ3n) is 1.65. The van der Waals surface area contributed by atoms with Crippen molar-refractivity contribution in [3.05, 3.63) is 11.9 Å². The summed E-state index contributed by atoms with van der Waals surface area (Å²) in [5.74, 6) is 0. The average Bonchev–Trinajstić information content (AvgIpc) is 2.64. The Bertz CT molecular complexity index is 170. The van der Waals surface area contributed by atoms with Crippen molar-refractivity contribution in [2.24, 2.45) is 4.99 Å². The minimum Gasteiger partial charge on any atom is -0.392 e. The van der Waals surface area contributed by atoms with E-state index in [4.69, 9.17) is 0 Å². The Morgan fingerprint density at radius 1 is 1.80 bits per heavy atom. The van der Waals surface area contributed by atoms with Crippen LogP contribution in [0.3, 0.4) is 0 Å². The quantitative estimate of drug-likeness (QED) is 0.553. The van der Waals surface area contributed by atoms with Crippen LogP contribution >= 0.6 is 0 Å². The van der Waals surface area contributed by atoms with Gasteiger partial charge in [-0.15, -0.1) is 0 Å². The summed E-state index contributed by atoms with van der Waals surface area (Å²) < 4.78 is 0. The molecule has 0 amide bonds. The first-order valence-electron chi connectivity index (χ1n) is 3.30. The summed E-state index contributed by atoms with van der Waals surface area (Å²) in [6, 6.07) is 0. The Balaban J connectivity index is 2.65. The van der Waals surface area contributed by atoms with Crippen LogP contribution in [0.4, 0.5) is 0 Å². The highest BCUT2D eigenvalue weighted by molar-refractivity contribution is 5.34. The zero-order valence-corrected chi connectivity index (χ0v) is 6.09. The lowest BCUT2D eigenvalue weighted by Crippen LogP contribution is -2.11. The molecule has 0 aromatic heterocycles. The highest BCUT2D eigenvalue weighted by Gasteiger charge is 2.44. The fourth-order valence-electron chi connectivity index (χ4n) is 0.838. The van der Waals surface area contributed by atoms with Gasteiger partial charge in [0.15, 0.2) is 0 Å². The van der Waals surface area contributed by atoms with Crippen LogP contribution in [-0.2, 0) is 0 Å². The first-order chi connectivity index (χ1) is 4.73. The zero-order valence-electron chi connectivity index (χ0n) is 6.09. The van der Waals surface area contributed by atoms with E-state index >= 15 is 0 Å². The molecule has 56 valence electrons. The maximum atomic E-state index is 9.48. The Morgan fingerprint density at radius 2 is 2.40 bits per heavy atom. The van der Waals surface area contributed by atoms with Crippen molar-refractivity contribution >= 4 is 6.72 Å². The molecule has 0 heterocycles. The van der Waals surface area contributed by atoms with Crippen LogP contribution in [0.15, 0.2) is 16.9 Å². The first kappa shape index (κ1) is 7.28. The molecular weight excluding hydrogens is 128 g/mol. The molecule has 10 heavy (non-hydrogen) atoms. The van der Waals surface area contributed by atoms with Crippen molar-refractivity contribution in [3.63, 3.8) is 0 Å². The number of rotatable bonds is 3. The molecule has 2 N–H and O–H groups in total. The van der Waals surface area contributed by atoms with E-state index < -0.39 is 5.60 Å². The van der Waals surface area contributed by atoms with Gasteiger partial charge in [-0.1, -0.05) is 0 Å². The molecule has 1 aliphatic carbocycles. The van der Waals surface area contributed by atoms with Crippen LogP contribution in [0, 0.1) is 0 Å². The van der Waals surface area contributed by atoms with Crippen molar-refractivity contribution in [1.29, 1.82) is 0 Å². The van der Waals surface area contributed by atoms with Gasteiger partial charge in [0.25, 0.3) is 0 Å². The van der Waals surface area contributed by atoms with Gasteiger partial charge < -0.3 is 10.4 Å². The van der Waals surface area contributed by atoms with E-state index in [2.05, 4.69) is 17.0 Å². The summed E-state index contributed by atoms with van der Waals surface area (Å²) in [4.78, 5) is 3.71. The van der Waals surface area contributed by atoms with E-state index in [1.807, 2.05) is 0 Å². The summed E-state index contributed by atoms with van der Waals surface area (Å²) in [6.45, 7) is 3.37. The predicted molar refractivity (Wildman–Crippen MR) is 40.9 cm³/mol. The van der Waals surface area contributed by atoms with E-state index in [1.54, 1.807) is 13.2 Å². The van der Waals surface area contributed by atoms with E-state index in [0.717, 1.165) is 12.8 Å². The van der Waals surface area contributed by atoms with E-state index in [-0.39, 0.29) is 0 Å². The third kappa shape index (κ3) is 1.19. The van der Waals surface area contributed by atoms with E-state index in [1.165, 1.54) is 0 Å². The van der Waals surface area contributed by atoms with Gasteiger partial charge in [0.05, 0.1) is 5.70 Å². The molecule has 0 aromatic carbocycles. The summed E-state index contributed by atoms with van der Waals surface area (Å²) >= 11 is 0. The fourth-order valence-corrected chi connectivity index (χ4v) is 0.838. The zero-order chi connectivity index (χ0) is 7.61. The van der Waals surface area contributed by atoms with Gasteiger partial charge in [0.1, 0.15) is 5.60 Å². The molecule has 3 nitrogen and oxygen atoms in total. The second kappa shape index (κ2) is 2.42. The molecule has 0 aromatic rings. The minimum absolute atomic E-state index is 0.648. The largest absolute Gasteiger partial charge is 0.392 e. The molecule has 0 aliphatic heterocycles. The standard InChI is InChI=1S/C7H12N2O/c1-8-5-6(9-2)7(10)3-4-7/h5,8,10H,2-4H2,1H3/b6-5-. The third-order valence-corrected chi connectivity index (χ3v) is 1.65. The van der Waals surface area contributed by atoms with Crippen molar-refractivity contribution in [2.75, 3.05) is 7.05 Å². The minimum atomic E-state index is -0.662. The summed E-state index contributed by atoms with van der Waals surface area (Å²) in [7, 11) is 1.77. The molecule has 0 unspecified atom stereocenters. The molecule has 1 saturated carbocycles. The van der Waals surface area contributed by atoms with Crippen molar-refractivity contribution < 1.29 is 5.11 Å². The second-order valence-corrected chi connectivity index (χ2v) is 2.51. The number of hydrogen-bond donors (Lipinski definition) is 2. The van der Waals surface area contributed by atoms with Crippen molar-refractivity contribution in [1.82, 2.24) is 5.32 Å². The lowest BCUT2D eigenvalue weighted by molar-refractivity contribution is 0.187. The summed E-state index contributed by atoms with van der Waals surface area (Å²) in [6.07, 6.45) is 3.29. The van der Waals surface area contributed by atoms with Crippen molar-refractivity contribution in [3.8, 4) is 0 Å². The molecule has 0 spiro atoms. The maximum absolute atomic E-state index is 9.48. The highest BCUT2D eigenvalue weighted by atomic mass is 16.3. The van der Waals surface area contributed by atoms with Crippen LogP contribution in [0.5, 0.6) is 0 Å². The van der Waals surface area contributed by atoms with Gasteiger partial charge >= 0.3 is 0 Å². The number of aliphatic hydroxyl groups is 1. The normalized spacial score (nSPS) is 22.0. The van der Waals surface area contributed by atoms with E-state index in [9.17, 15) is 5.11 Å². The number of nitrogens with zero attached hydrogens (tertiary/aromatic N) is 1. The van der Waals surface area contributed by atoms with Gasteiger partial charge in [-0.25, -0.2) is 0 Å². The Morgan fingerprint density at radius 3 is 2.70 bits per heavy atom. The van der Waals surface area contributed by atoms with E-state index in [0.29, 0.717) is 5.70 Å². The van der Waals surface area contributed by atoms with Gasteiger partial charge in [0, 0.05) is 13.2 Å². The van der Waals surface area contributed by atoms with Crippen LogP contribution in [0.2, 0.25) is 0 Å². The first-order valence-corrected chi connectivity index (χ1v) is 3.30. The van der Waals surface area contributed by atoms with Gasteiger partial charge in [-0.05, 0) is 19.6 Å². The lowest BCUT2D eigenvalue weighted by atomic mass is 10.2. The second-order valence-electron chi connectivity index (χ2n) is 2.51. The lowest BCUT2D eigenvalue weighted by Gasteiger charge is -2.06. The molecule has 1 aliphatic rings. The van der Waals surface area contributed by atoms with Crippen molar-refractivity contribution in [2.45, 2.75) is 18.4 Å². The monoisotopic (exact) mass is 140 g/mol. The Labute approximate surface area is 60.5 Å². The van der Waals surface area contributed by atoms with Gasteiger partial charge in [0.2, 0.25) is 0 Å². The molecule has 1 fully saturated rings. The van der Waals surface area contributed by atoms with Crippen LogP contribution in [0.1, 0.15) is 12.8 Å². The Kier molecular flexibility index (Phi) is 1.76. The molecule has 0 radical (unpaired) electrons.